The van der Waals surface area contributed by atoms with Gasteiger partial charge in [0.1, 0.15) is 0 Å². The van der Waals surface area contributed by atoms with Crippen molar-refractivity contribution in [2.75, 3.05) is 6.54 Å². The maximum absolute atomic E-state index is 12.1. The van der Waals surface area contributed by atoms with E-state index in [-0.39, 0.29) is 36.3 Å². The lowest BCUT2D eigenvalue weighted by Gasteiger charge is -2.28. The minimum atomic E-state index is -0.214. The van der Waals surface area contributed by atoms with E-state index < -0.39 is 0 Å². The van der Waals surface area contributed by atoms with Crippen LogP contribution >= 0.6 is 24.8 Å². The Morgan fingerprint density at radius 1 is 1.24 bits per heavy atom. The first-order chi connectivity index (χ1) is 11.2. The third-order valence-electron chi connectivity index (χ3n) is 4.33. The summed E-state index contributed by atoms with van der Waals surface area (Å²) in [7, 11) is 0. The van der Waals surface area contributed by atoms with Crippen LogP contribution in [0, 0.1) is 0 Å². The molecule has 0 unspecified atom stereocenters. The van der Waals surface area contributed by atoms with Crippen LogP contribution in [0.3, 0.4) is 0 Å². The summed E-state index contributed by atoms with van der Waals surface area (Å²) in [4.78, 5) is 20.4. The maximum Gasteiger partial charge on any atom is 0.227 e. The number of amides is 1. The van der Waals surface area contributed by atoms with Crippen molar-refractivity contribution >= 4 is 30.7 Å². The number of pyridine rings is 1. The Labute approximate surface area is 159 Å². The normalized spacial score (nSPS) is 15.1. The molecule has 1 amide bonds. The van der Waals surface area contributed by atoms with E-state index in [4.69, 9.17) is 10.3 Å². The standard InChI is InChI=1S/C16H21N5O2.2ClH/c17-11-16(7-1-2-8-16)20-13(22)3-4-14-19-15(21-23-14)12-5-9-18-10-6-12;;/h5-6,9-10H,1-4,7-8,11,17H2,(H,20,22);2*1H. The monoisotopic (exact) mass is 387 g/mol. The molecule has 1 saturated carbocycles. The Morgan fingerprint density at radius 3 is 2.56 bits per heavy atom. The molecule has 3 N–H and O–H groups in total. The van der Waals surface area contributed by atoms with E-state index in [0.29, 0.717) is 31.1 Å². The number of nitrogens with zero attached hydrogens (tertiary/aromatic N) is 3. The summed E-state index contributed by atoms with van der Waals surface area (Å²) in [6.45, 7) is 0.492. The molecule has 3 rings (SSSR count). The van der Waals surface area contributed by atoms with Crippen molar-refractivity contribution < 1.29 is 9.32 Å². The molecular weight excluding hydrogens is 365 g/mol. The second kappa shape index (κ2) is 9.70. The van der Waals surface area contributed by atoms with Gasteiger partial charge in [-0.25, -0.2) is 0 Å². The smallest absolute Gasteiger partial charge is 0.227 e. The number of aryl methyl sites for hydroxylation is 1. The first-order valence-corrected chi connectivity index (χ1v) is 7.95. The van der Waals surface area contributed by atoms with Gasteiger partial charge < -0.3 is 15.6 Å². The zero-order valence-corrected chi connectivity index (χ0v) is 15.4. The van der Waals surface area contributed by atoms with Gasteiger partial charge in [-0.3, -0.25) is 9.78 Å². The molecule has 1 aliphatic carbocycles. The molecule has 2 heterocycles. The average molecular weight is 388 g/mol. The van der Waals surface area contributed by atoms with E-state index in [1.165, 1.54) is 0 Å². The van der Waals surface area contributed by atoms with Crippen LogP contribution in [0.15, 0.2) is 29.0 Å². The fourth-order valence-electron chi connectivity index (χ4n) is 2.99. The van der Waals surface area contributed by atoms with E-state index in [0.717, 1.165) is 31.2 Å². The van der Waals surface area contributed by atoms with Crippen LogP contribution in [-0.4, -0.2) is 33.1 Å². The molecular formula is C16H23Cl2N5O2. The van der Waals surface area contributed by atoms with Crippen LogP contribution < -0.4 is 11.1 Å². The summed E-state index contributed by atoms with van der Waals surface area (Å²) in [5.41, 5.74) is 6.46. The number of aromatic nitrogens is 3. The van der Waals surface area contributed by atoms with Crippen LogP contribution in [0.2, 0.25) is 0 Å². The van der Waals surface area contributed by atoms with Crippen LogP contribution in [0.1, 0.15) is 38.0 Å². The lowest BCUT2D eigenvalue weighted by Crippen LogP contribution is -2.51. The minimum absolute atomic E-state index is 0. The molecule has 9 heteroatoms. The number of nitrogens with two attached hydrogens (primary N) is 1. The largest absolute Gasteiger partial charge is 0.349 e. The molecule has 1 aliphatic rings. The van der Waals surface area contributed by atoms with Crippen molar-refractivity contribution in [3.8, 4) is 11.4 Å². The molecule has 2 aromatic rings. The van der Waals surface area contributed by atoms with E-state index in [9.17, 15) is 4.79 Å². The Balaban J connectivity index is 0.00000156. The highest BCUT2D eigenvalue weighted by molar-refractivity contribution is 5.85. The third kappa shape index (κ3) is 5.39. The topological polar surface area (TPSA) is 107 Å². The average Bonchev–Trinajstić information content (AvgIpc) is 3.24. The molecule has 1 fully saturated rings. The lowest BCUT2D eigenvalue weighted by atomic mass is 9.97. The zero-order chi connectivity index (χ0) is 16.1. The SMILES string of the molecule is Cl.Cl.NCC1(NC(=O)CCc2nc(-c3ccncc3)no2)CCCC1. The van der Waals surface area contributed by atoms with Gasteiger partial charge in [0.15, 0.2) is 0 Å². The molecule has 25 heavy (non-hydrogen) atoms. The van der Waals surface area contributed by atoms with Crippen molar-refractivity contribution in [2.24, 2.45) is 5.73 Å². The molecule has 2 aromatic heterocycles. The number of halogens is 2. The van der Waals surface area contributed by atoms with Gasteiger partial charge in [-0.2, -0.15) is 4.98 Å². The quantitative estimate of drug-likeness (QED) is 0.786. The summed E-state index contributed by atoms with van der Waals surface area (Å²) >= 11 is 0. The van der Waals surface area contributed by atoms with Crippen LogP contribution in [0.5, 0.6) is 0 Å². The van der Waals surface area contributed by atoms with Gasteiger partial charge in [0.05, 0.1) is 5.54 Å². The van der Waals surface area contributed by atoms with Gasteiger partial charge >= 0.3 is 0 Å². The van der Waals surface area contributed by atoms with Gasteiger partial charge in [0.2, 0.25) is 17.6 Å². The van der Waals surface area contributed by atoms with E-state index >= 15 is 0 Å². The predicted octanol–water partition coefficient (Wildman–Crippen LogP) is 2.30. The molecule has 0 aliphatic heterocycles. The van der Waals surface area contributed by atoms with Gasteiger partial charge in [0, 0.05) is 37.3 Å². The Bertz CT molecular complexity index is 660. The number of carbonyl (C=O) groups excluding carboxylic acids is 1. The fraction of sp³-hybridized carbons (Fsp3) is 0.500. The first kappa shape index (κ1) is 21.3. The first-order valence-electron chi connectivity index (χ1n) is 7.95. The molecule has 7 nitrogen and oxygen atoms in total. The summed E-state index contributed by atoms with van der Waals surface area (Å²) in [6, 6.07) is 3.62. The van der Waals surface area contributed by atoms with E-state index in [2.05, 4.69) is 20.4 Å². The molecule has 0 radical (unpaired) electrons. The maximum atomic E-state index is 12.1. The highest BCUT2D eigenvalue weighted by Gasteiger charge is 2.33. The highest BCUT2D eigenvalue weighted by atomic mass is 35.5. The number of rotatable bonds is 6. The Morgan fingerprint density at radius 2 is 1.92 bits per heavy atom. The summed E-state index contributed by atoms with van der Waals surface area (Å²) in [5.74, 6) is 0.957. The van der Waals surface area contributed by atoms with Crippen LogP contribution in [0.4, 0.5) is 0 Å². The van der Waals surface area contributed by atoms with Crippen molar-refractivity contribution in [1.29, 1.82) is 0 Å². The summed E-state index contributed by atoms with van der Waals surface area (Å²) in [6.07, 6.45) is 8.25. The Kier molecular flexibility index (Phi) is 8.28. The Hall–Kier alpha value is -1.70. The van der Waals surface area contributed by atoms with Crippen molar-refractivity contribution in [3.05, 3.63) is 30.4 Å². The number of carbonyl (C=O) groups is 1. The molecule has 0 saturated heterocycles. The molecule has 0 bridgehead atoms. The van der Waals surface area contributed by atoms with Crippen molar-refractivity contribution in [1.82, 2.24) is 20.4 Å². The zero-order valence-electron chi connectivity index (χ0n) is 13.8. The fourth-order valence-corrected chi connectivity index (χ4v) is 2.99. The van der Waals surface area contributed by atoms with E-state index in [1.54, 1.807) is 12.4 Å². The van der Waals surface area contributed by atoms with Crippen LogP contribution in [0.25, 0.3) is 11.4 Å². The molecule has 0 aromatic carbocycles. The number of hydrogen-bond acceptors (Lipinski definition) is 6. The van der Waals surface area contributed by atoms with Crippen LogP contribution in [-0.2, 0) is 11.2 Å². The van der Waals surface area contributed by atoms with Gasteiger partial charge in [-0.05, 0) is 25.0 Å². The minimum Gasteiger partial charge on any atom is -0.349 e. The van der Waals surface area contributed by atoms with Crippen molar-refractivity contribution in [2.45, 2.75) is 44.1 Å². The van der Waals surface area contributed by atoms with Crippen molar-refractivity contribution in [3.63, 3.8) is 0 Å². The number of hydrogen-bond donors (Lipinski definition) is 2. The van der Waals surface area contributed by atoms with Gasteiger partial charge in [-0.1, -0.05) is 18.0 Å². The van der Waals surface area contributed by atoms with E-state index in [1.807, 2.05) is 12.1 Å². The molecule has 0 atom stereocenters. The van der Waals surface area contributed by atoms with Gasteiger partial charge in [0.25, 0.3) is 0 Å². The summed E-state index contributed by atoms with van der Waals surface area (Å²) in [5, 5.41) is 7.02. The molecule has 138 valence electrons. The van der Waals surface area contributed by atoms with Gasteiger partial charge in [-0.15, -0.1) is 24.8 Å². The summed E-state index contributed by atoms with van der Waals surface area (Å²) < 4.78 is 5.20. The number of nitrogens with one attached hydrogen (secondary N) is 1. The molecule has 0 spiro atoms. The second-order valence-corrected chi connectivity index (χ2v) is 5.99. The predicted molar refractivity (Wildman–Crippen MR) is 98.7 cm³/mol. The third-order valence-corrected chi connectivity index (χ3v) is 4.33. The highest BCUT2D eigenvalue weighted by Crippen LogP contribution is 2.28. The second-order valence-electron chi connectivity index (χ2n) is 5.99. The lowest BCUT2D eigenvalue weighted by molar-refractivity contribution is -0.123.